The van der Waals surface area contributed by atoms with Crippen LogP contribution >= 0.6 is 0 Å². The number of aromatic nitrogens is 1. The van der Waals surface area contributed by atoms with Crippen LogP contribution in [-0.4, -0.2) is 31.3 Å². The summed E-state index contributed by atoms with van der Waals surface area (Å²) in [6, 6.07) is 32.3. The minimum Gasteiger partial charge on any atom is -0.674 e. The third-order valence-electron chi connectivity index (χ3n) is 6.50. The van der Waals surface area contributed by atoms with Crippen LogP contribution in [0.15, 0.2) is 103 Å². The van der Waals surface area contributed by atoms with Crippen molar-refractivity contribution in [1.29, 1.82) is 0 Å². The molecule has 0 N–H and O–H groups in total. The molecule has 0 bridgehead atoms. The van der Waals surface area contributed by atoms with Crippen LogP contribution in [0.5, 0.6) is 0 Å². The monoisotopic (exact) mass is 653 g/mol. The Morgan fingerprint density at radius 2 is 1.16 bits per heavy atom. The first-order valence-electron chi connectivity index (χ1n) is 14.8. The molecular weight excluding hydrogens is 606 g/mol. The number of rotatable bonds is 5. The van der Waals surface area contributed by atoms with Gasteiger partial charge < -0.3 is 15.4 Å². The molecule has 4 nitrogen and oxygen atoms in total. The van der Waals surface area contributed by atoms with Crippen LogP contribution in [0.25, 0.3) is 10.6 Å². The fourth-order valence-electron chi connectivity index (χ4n) is 4.13. The molecule has 5 rings (SSSR count). The van der Waals surface area contributed by atoms with E-state index < -0.39 is 0 Å². The summed E-state index contributed by atoms with van der Waals surface area (Å²) in [5.74, 6) is 0.911. The molecular formula is C38H49N3OZr. The van der Waals surface area contributed by atoms with Crippen molar-refractivity contribution >= 4 is 5.69 Å². The number of para-hydroxylation sites is 1. The molecule has 1 aromatic heterocycles. The summed E-state index contributed by atoms with van der Waals surface area (Å²) in [6.07, 6.45) is 1.84. The van der Waals surface area contributed by atoms with E-state index >= 15 is 0 Å². The van der Waals surface area contributed by atoms with Gasteiger partial charge in [0.15, 0.2) is 0 Å². The molecule has 0 radical (unpaired) electrons. The molecule has 4 aromatic rings. The molecule has 1 fully saturated rings. The van der Waals surface area contributed by atoms with Gasteiger partial charge >= 0.3 is 26.2 Å². The Labute approximate surface area is 281 Å². The first kappa shape index (κ1) is 38.2. The van der Waals surface area contributed by atoms with Crippen LogP contribution in [0.4, 0.5) is 5.69 Å². The van der Waals surface area contributed by atoms with Gasteiger partial charge in [-0.25, -0.2) is 0 Å². The summed E-state index contributed by atoms with van der Waals surface area (Å²) >= 11 is 0. The summed E-state index contributed by atoms with van der Waals surface area (Å²) in [5, 5.41) is 9.19. The zero-order valence-corrected chi connectivity index (χ0v) is 29.4. The van der Waals surface area contributed by atoms with E-state index in [9.17, 15) is 0 Å². The van der Waals surface area contributed by atoms with Crippen molar-refractivity contribution in [3.63, 3.8) is 0 Å². The van der Waals surface area contributed by atoms with E-state index in [-0.39, 0.29) is 31.7 Å². The molecule has 5 heteroatoms. The maximum atomic E-state index is 5.14. The van der Waals surface area contributed by atoms with Crippen LogP contribution in [0.1, 0.15) is 81.3 Å². The normalized spacial score (nSPS) is 12.3. The molecule has 0 atom stereocenters. The Kier molecular flexibility index (Phi) is 18.6. The molecule has 1 saturated heterocycles. The standard InChI is InChI=1S/C20H27N2.2C7H7.C4H8NO.Zr/c1-14(2)16-10-9-11-17(15(3)4)19(16)22-20(5,6)18-12-7-8-13-21-18;2*1-7-5-3-2-4-6-7;1-3-6-4-2-5-1;/h7-15H,1-6H3;2*2-6H,1H2;1-4H2;/q4*-1;+4. The van der Waals surface area contributed by atoms with Crippen LogP contribution in [-0.2, 0) is 36.5 Å². The average Bonchev–Trinajstić information content (AvgIpc) is 3.00. The van der Waals surface area contributed by atoms with E-state index in [1.807, 2.05) is 79.0 Å². The van der Waals surface area contributed by atoms with Crippen molar-refractivity contribution < 1.29 is 30.9 Å². The summed E-state index contributed by atoms with van der Waals surface area (Å²) in [5.41, 5.74) is 6.58. The zero-order valence-electron chi connectivity index (χ0n) is 27.0. The molecule has 2 heterocycles. The van der Waals surface area contributed by atoms with Crippen molar-refractivity contribution in [2.45, 2.75) is 58.9 Å². The number of ether oxygens (including phenoxy) is 1. The zero-order chi connectivity index (χ0) is 30.8. The van der Waals surface area contributed by atoms with Gasteiger partial charge in [-0.2, -0.15) is 49.2 Å². The fraction of sp³-hybridized carbons (Fsp3) is 0.342. The molecule has 43 heavy (non-hydrogen) atoms. The van der Waals surface area contributed by atoms with Gasteiger partial charge in [-0.3, -0.25) is 4.98 Å². The van der Waals surface area contributed by atoms with Gasteiger partial charge in [-0.05, 0) is 24.0 Å². The topological polar surface area (TPSA) is 50.3 Å². The summed E-state index contributed by atoms with van der Waals surface area (Å²) in [7, 11) is 0. The van der Waals surface area contributed by atoms with Gasteiger partial charge in [0.2, 0.25) is 0 Å². The van der Waals surface area contributed by atoms with E-state index in [1.165, 1.54) is 11.1 Å². The summed E-state index contributed by atoms with van der Waals surface area (Å²) in [4.78, 5) is 4.50. The Morgan fingerprint density at radius 1 is 0.698 bits per heavy atom. The van der Waals surface area contributed by atoms with Crippen LogP contribution in [0, 0.1) is 13.8 Å². The van der Waals surface area contributed by atoms with Gasteiger partial charge in [-0.15, -0.1) is 43.0 Å². The minimum absolute atomic E-state index is 0. The second-order valence-corrected chi connectivity index (χ2v) is 11.2. The number of hydrogen-bond donors (Lipinski definition) is 0. The smallest absolute Gasteiger partial charge is 0.674 e. The molecule has 0 saturated carbocycles. The van der Waals surface area contributed by atoms with E-state index in [2.05, 4.69) is 90.0 Å². The van der Waals surface area contributed by atoms with Crippen molar-refractivity contribution in [2.75, 3.05) is 26.3 Å². The summed E-state index contributed by atoms with van der Waals surface area (Å²) < 4.78 is 4.98. The van der Waals surface area contributed by atoms with Gasteiger partial charge in [0.05, 0.1) is 0 Å². The van der Waals surface area contributed by atoms with E-state index in [0.29, 0.717) is 11.8 Å². The van der Waals surface area contributed by atoms with Crippen molar-refractivity contribution in [2.24, 2.45) is 0 Å². The Bertz CT molecular complexity index is 1170. The number of pyridine rings is 1. The van der Waals surface area contributed by atoms with Gasteiger partial charge in [0, 0.05) is 25.1 Å². The fourth-order valence-corrected chi connectivity index (χ4v) is 4.13. The quantitative estimate of drug-likeness (QED) is 0.201. The average molecular weight is 655 g/mol. The molecule has 3 aromatic carbocycles. The predicted octanol–water partition coefficient (Wildman–Crippen LogP) is 10.4. The largest absolute Gasteiger partial charge is 4.00 e. The number of nitrogens with zero attached hydrogens (tertiary/aromatic N) is 3. The van der Waals surface area contributed by atoms with E-state index in [0.717, 1.165) is 48.8 Å². The van der Waals surface area contributed by atoms with Crippen molar-refractivity contribution in [3.05, 3.63) is 156 Å². The van der Waals surface area contributed by atoms with Gasteiger partial charge in [0.25, 0.3) is 0 Å². The third kappa shape index (κ3) is 14.9. The third-order valence-corrected chi connectivity index (χ3v) is 6.50. The number of hydrogen-bond acceptors (Lipinski definition) is 2. The molecule has 0 aliphatic carbocycles. The van der Waals surface area contributed by atoms with Crippen molar-refractivity contribution in [3.8, 4) is 0 Å². The van der Waals surface area contributed by atoms with Gasteiger partial charge in [-0.1, -0.05) is 94.6 Å². The maximum absolute atomic E-state index is 5.14. The molecule has 1 aliphatic heterocycles. The molecule has 0 amide bonds. The van der Waals surface area contributed by atoms with Crippen LogP contribution < -0.4 is 0 Å². The number of morpholine rings is 1. The summed E-state index contributed by atoms with van der Waals surface area (Å²) in [6.45, 7) is 24.1. The first-order valence-corrected chi connectivity index (χ1v) is 14.8. The van der Waals surface area contributed by atoms with E-state index in [1.54, 1.807) is 0 Å². The Morgan fingerprint density at radius 3 is 1.47 bits per heavy atom. The maximum Gasteiger partial charge on any atom is 4.00 e. The first-order chi connectivity index (χ1) is 20.1. The minimum atomic E-state index is -0.337. The van der Waals surface area contributed by atoms with E-state index in [4.69, 9.17) is 10.1 Å². The van der Waals surface area contributed by atoms with Crippen LogP contribution in [0.2, 0.25) is 0 Å². The number of benzene rings is 3. The second kappa shape index (κ2) is 21.0. The molecule has 226 valence electrons. The molecule has 1 aliphatic rings. The molecule has 0 unspecified atom stereocenters. The van der Waals surface area contributed by atoms with Gasteiger partial charge in [0.1, 0.15) is 0 Å². The SMILES string of the molecule is C1COCC[N-]1.CC(C)c1cccc(C(C)C)c1[N-]C(C)(C)c1ccccn1.[CH2-]c1ccccc1.[CH2-]c1ccccc1.[Zr+4]. The predicted molar refractivity (Wildman–Crippen MR) is 181 cm³/mol. The second-order valence-electron chi connectivity index (χ2n) is 11.2. The molecule has 0 spiro atoms. The van der Waals surface area contributed by atoms with Crippen molar-refractivity contribution in [1.82, 2.24) is 4.98 Å². The Hall–Kier alpha value is -2.85. The Balaban J connectivity index is 0.000000354. The van der Waals surface area contributed by atoms with Crippen LogP contribution in [0.3, 0.4) is 0 Å².